The lowest BCUT2D eigenvalue weighted by Gasteiger charge is -2.07. The van der Waals surface area contributed by atoms with E-state index in [4.69, 9.17) is 4.52 Å². The van der Waals surface area contributed by atoms with Crippen LogP contribution in [0.4, 0.5) is 24.2 Å². The molecular formula is C11H12F3N5O2S2. The van der Waals surface area contributed by atoms with Crippen molar-refractivity contribution in [2.45, 2.75) is 29.6 Å². The Kier molecular flexibility index (Phi) is 5.46. The van der Waals surface area contributed by atoms with Gasteiger partial charge in [-0.2, -0.15) is 13.2 Å². The summed E-state index contributed by atoms with van der Waals surface area (Å²) in [4.78, 5) is 12.0. The summed E-state index contributed by atoms with van der Waals surface area (Å²) in [7, 11) is 0. The van der Waals surface area contributed by atoms with Crippen LogP contribution in [-0.4, -0.2) is 39.2 Å². The van der Waals surface area contributed by atoms with E-state index in [1.165, 1.54) is 0 Å². The van der Waals surface area contributed by atoms with E-state index in [1.54, 1.807) is 19.9 Å². The van der Waals surface area contributed by atoms with Gasteiger partial charge in [-0.3, -0.25) is 10.1 Å². The van der Waals surface area contributed by atoms with Crippen LogP contribution in [0.5, 0.6) is 0 Å². The van der Waals surface area contributed by atoms with Crippen molar-refractivity contribution in [2.75, 3.05) is 17.2 Å². The number of amides is 1. The Morgan fingerprint density at radius 2 is 2.22 bits per heavy atom. The second-order valence-corrected chi connectivity index (χ2v) is 6.99. The van der Waals surface area contributed by atoms with Crippen LogP contribution in [0.25, 0.3) is 0 Å². The normalized spacial score (nSPS) is 12.9. The number of hydrogen-bond acceptors (Lipinski definition) is 8. The van der Waals surface area contributed by atoms with Gasteiger partial charge in [-0.15, -0.1) is 10.2 Å². The summed E-state index contributed by atoms with van der Waals surface area (Å²) >= 11 is 2.03. The summed E-state index contributed by atoms with van der Waals surface area (Å²) in [6, 6.07) is 1.57. The van der Waals surface area contributed by atoms with Gasteiger partial charge in [0, 0.05) is 6.07 Å². The Labute approximate surface area is 137 Å². The lowest BCUT2D eigenvalue weighted by Crippen LogP contribution is -2.22. The number of alkyl halides is 3. The molecule has 1 unspecified atom stereocenters. The van der Waals surface area contributed by atoms with Crippen LogP contribution < -0.4 is 10.6 Å². The highest BCUT2D eigenvalue weighted by Gasteiger charge is 2.27. The standard InChI is InChI=1S/C11H12F3N5O2S2/c1-5-3-7(21-19-5)16-8(20)6(2)22-10-18-17-9(23-10)15-4-11(12,13)14/h3,6H,4H2,1-2H3,(H,15,17)(H,16,20). The van der Waals surface area contributed by atoms with E-state index >= 15 is 0 Å². The lowest BCUT2D eigenvalue weighted by molar-refractivity contribution is -0.116. The number of thioether (sulfide) groups is 1. The van der Waals surface area contributed by atoms with Crippen molar-refractivity contribution in [3.8, 4) is 0 Å². The van der Waals surface area contributed by atoms with Crippen LogP contribution in [0.1, 0.15) is 12.6 Å². The molecule has 0 aliphatic carbocycles. The lowest BCUT2D eigenvalue weighted by atomic mass is 10.4. The summed E-state index contributed by atoms with van der Waals surface area (Å²) in [5.74, 6) is -0.115. The zero-order valence-electron chi connectivity index (χ0n) is 12.0. The number of carbonyl (C=O) groups is 1. The van der Waals surface area contributed by atoms with Gasteiger partial charge in [-0.25, -0.2) is 0 Å². The SMILES string of the molecule is Cc1cc(NC(=O)C(C)Sc2nnc(NCC(F)(F)F)s2)on1. The Hall–Kier alpha value is -1.82. The second kappa shape index (κ2) is 7.17. The van der Waals surface area contributed by atoms with Crippen LogP contribution in [0.2, 0.25) is 0 Å². The molecule has 7 nitrogen and oxygen atoms in total. The molecule has 2 rings (SSSR count). The third-order valence-electron chi connectivity index (χ3n) is 2.37. The molecule has 126 valence electrons. The minimum absolute atomic E-state index is 0.0447. The summed E-state index contributed by atoms with van der Waals surface area (Å²) < 4.78 is 41.5. The highest BCUT2D eigenvalue weighted by Crippen LogP contribution is 2.30. The molecule has 2 N–H and O–H groups in total. The van der Waals surface area contributed by atoms with Gasteiger partial charge < -0.3 is 9.84 Å². The van der Waals surface area contributed by atoms with E-state index in [0.717, 1.165) is 23.1 Å². The number of aromatic nitrogens is 3. The molecule has 0 aliphatic rings. The van der Waals surface area contributed by atoms with Crippen molar-refractivity contribution in [3.05, 3.63) is 11.8 Å². The zero-order valence-corrected chi connectivity index (χ0v) is 13.6. The molecule has 0 saturated heterocycles. The first-order valence-electron chi connectivity index (χ1n) is 6.28. The van der Waals surface area contributed by atoms with E-state index in [9.17, 15) is 18.0 Å². The molecule has 1 atom stereocenters. The maximum absolute atomic E-state index is 12.1. The fourth-order valence-electron chi connectivity index (χ4n) is 1.35. The molecule has 1 amide bonds. The van der Waals surface area contributed by atoms with Crippen LogP contribution in [0, 0.1) is 6.92 Å². The number of rotatable bonds is 6. The quantitative estimate of drug-likeness (QED) is 0.758. The highest BCUT2D eigenvalue weighted by atomic mass is 32.2. The van der Waals surface area contributed by atoms with Gasteiger partial charge >= 0.3 is 6.18 Å². The van der Waals surface area contributed by atoms with Gasteiger partial charge in [-0.1, -0.05) is 28.3 Å². The number of halogens is 3. The summed E-state index contributed by atoms with van der Waals surface area (Å²) in [5, 5.41) is 15.1. The monoisotopic (exact) mass is 367 g/mol. The highest BCUT2D eigenvalue weighted by molar-refractivity contribution is 8.02. The first-order chi connectivity index (χ1) is 10.7. The molecule has 12 heteroatoms. The molecular weight excluding hydrogens is 355 g/mol. The molecule has 0 bridgehead atoms. The van der Waals surface area contributed by atoms with E-state index in [1.807, 2.05) is 0 Å². The molecule has 23 heavy (non-hydrogen) atoms. The van der Waals surface area contributed by atoms with Crippen molar-refractivity contribution in [1.82, 2.24) is 15.4 Å². The zero-order chi connectivity index (χ0) is 17.0. The van der Waals surface area contributed by atoms with Crippen molar-refractivity contribution in [2.24, 2.45) is 0 Å². The van der Waals surface area contributed by atoms with E-state index < -0.39 is 18.0 Å². The predicted octanol–water partition coefficient (Wildman–Crippen LogP) is 2.93. The molecule has 0 saturated carbocycles. The van der Waals surface area contributed by atoms with Gasteiger partial charge in [0.05, 0.1) is 10.9 Å². The fourth-order valence-corrected chi connectivity index (χ4v) is 3.25. The number of nitrogens with one attached hydrogen (secondary N) is 2. The predicted molar refractivity (Wildman–Crippen MR) is 79.6 cm³/mol. The molecule has 0 spiro atoms. The summed E-state index contributed by atoms with van der Waals surface area (Å²) in [5.41, 5.74) is 0.630. The van der Waals surface area contributed by atoms with Gasteiger partial charge in [0.2, 0.25) is 16.9 Å². The van der Waals surface area contributed by atoms with Gasteiger partial charge in [0.1, 0.15) is 6.54 Å². The Bertz CT molecular complexity index is 673. The van der Waals surface area contributed by atoms with Crippen LogP contribution in [0.3, 0.4) is 0 Å². The number of aryl methyl sites for hydroxylation is 1. The van der Waals surface area contributed by atoms with E-state index in [2.05, 4.69) is 26.0 Å². The molecule has 0 fully saturated rings. The first-order valence-corrected chi connectivity index (χ1v) is 7.97. The van der Waals surface area contributed by atoms with Crippen LogP contribution >= 0.6 is 23.1 Å². The topological polar surface area (TPSA) is 92.9 Å². The minimum Gasteiger partial charge on any atom is -0.351 e. The molecule has 2 aromatic rings. The van der Waals surface area contributed by atoms with Crippen LogP contribution in [-0.2, 0) is 4.79 Å². The Balaban J connectivity index is 1.86. The van der Waals surface area contributed by atoms with Crippen molar-refractivity contribution in [3.63, 3.8) is 0 Å². The summed E-state index contributed by atoms with van der Waals surface area (Å²) in [6.07, 6.45) is -4.33. The van der Waals surface area contributed by atoms with E-state index in [0.29, 0.717) is 10.0 Å². The second-order valence-electron chi connectivity index (χ2n) is 4.42. The third kappa shape index (κ3) is 5.71. The van der Waals surface area contributed by atoms with Gasteiger partial charge in [0.25, 0.3) is 0 Å². The smallest absolute Gasteiger partial charge is 0.351 e. The average Bonchev–Trinajstić information content (AvgIpc) is 3.05. The fraction of sp³-hybridized carbons (Fsp3) is 0.455. The molecule has 0 aliphatic heterocycles. The van der Waals surface area contributed by atoms with Gasteiger partial charge in [-0.05, 0) is 13.8 Å². The molecule has 2 aromatic heterocycles. The molecule has 2 heterocycles. The summed E-state index contributed by atoms with van der Waals surface area (Å²) in [6.45, 7) is 2.16. The number of anilines is 2. The minimum atomic E-state index is -4.33. The largest absolute Gasteiger partial charge is 0.405 e. The average molecular weight is 367 g/mol. The molecule has 0 radical (unpaired) electrons. The number of carbonyl (C=O) groups excluding carboxylic acids is 1. The Morgan fingerprint density at radius 3 is 2.83 bits per heavy atom. The number of hydrogen-bond donors (Lipinski definition) is 2. The van der Waals surface area contributed by atoms with Crippen molar-refractivity contribution >= 4 is 40.0 Å². The maximum atomic E-state index is 12.1. The molecule has 0 aromatic carbocycles. The van der Waals surface area contributed by atoms with E-state index in [-0.39, 0.29) is 16.9 Å². The number of nitrogens with zero attached hydrogens (tertiary/aromatic N) is 3. The third-order valence-corrected chi connectivity index (χ3v) is 4.43. The van der Waals surface area contributed by atoms with Crippen molar-refractivity contribution in [1.29, 1.82) is 0 Å². The Morgan fingerprint density at radius 1 is 1.48 bits per heavy atom. The van der Waals surface area contributed by atoms with Crippen molar-refractivity contribution < 1.29 is 22.5 Å². The first kappa shape index (κ1) is 17.5. The van der Waals surface area contributed by atoms with Crippen LogP contribution in [0.15, 0.2) is 14.9 Å². The maximum Gasteiger partial charge on any atom is 0.405 e. The van der Waals surface area contributed by atoms with Gasteiger partial charge in [0.15, 0.2) is 4.34 Å².